The minimum atomic E-state index is -0.465. The highest BCUT2D eigenvalue weighted by Crippen LogP contribution is 2.42. The Balaban J connectivity index is 1.78. The Labute approximate surface area is 182 Å². The highest BCUT2D eigenvalue weighted by Gasteiger charge is 2.38. The molecule has 1 amide bonds. The van der Waals surface area contributed by atoms with Crippen LogP contribution in [0.2, 0.25) is 5.02 Å². The largest absolute Gasteiger partial charge is 0.362 e. The Bertz CT molecular complexity index is 1060. The van der Waals surface area contributed by atoms with E-state index in [0.29, 0.717) is 28.4 Å². The van der Waals surface area contributed by atoms with E-state index in [0.717, 1.165) is 34.3 Å². The van der Waals surface area contributed by atoms with Crippen LogP contribution in [0.1, 0.15) is 37.7 Å². The third kappa shape index (κ3) is 4.00. The number of nitrogens with zero attached hydrogens (tertiary/aromatic N) is 1. The van der Waals surface area contributed by atoms with Gasteiger partial charge in [-0.25, -0.2) is 4.98 Å². The zero-order valence-electron chi connectivity index (χ0n) is 15.8. The van der Waals surface area contributed by atoms with E-state index in [1.165, 1.54) is 0 Å². The van der Waals surface area contributed by atoms with Crippen molar-refractivity contribution in [1.82, 2.24) is 10.3 Å². The summed E-state index contributed by atoms with van der Waals surface area (Å²) in [6.45, 7) is 1.87. The van der Waals surface area contributed by atoms with Crippen LogP contribution in [-0.4, -0.2) is 16.7 Å². The molecular weight excluding hydrogens is 454 g/mol. The Morgan fingerprint density at radius 1 is 1.28 bits per heavy atom. The summed E-state index contributed by atoms with van der Waals surface area (Å²) in [5.41, 5.74) is 3.64. The number of hydrogen-bond acceptors (Lipinski definition) is 4. The number of carbonyl (C=O) groups is 2. The van der Waals surface area contributed by atoms with Gasteiger partial charge in [-0.1, -0.05) is 23.7 Å². The van der Waals surface area contributed by atoms with Crippen molar-refractivity contribution >= 4 is 45.0 Å². The predicted molar refractivity (Wildman–Crippen MR) is 116 cm³/mol. The van der Waals surface area contributed by atoms with Crippen LogP contribution in [0.4, 0.5) is 5.82 Å². The van der Waals surface area contributed by atoms with Crippen molar-refractivity contribution in [3.63, 3.8) is 0 Å². The van der Waals surface area contributed by atoms with E-state index >= 15 is 0 Å². The number of anilines is 1. The summed E-state index contributed by atoms with van der Waals surface area (Å²) in [5, 5.41) is 6.73. The molecule has 1 aliphatic heterocycles. The lowest BCUT2D eigenvalue weighted by Crippen LogP contribution is -2.35. The lowest BCUT2D eigenvalue weighted by molar-refractivity contribution is -0.116. The molecule has 1 aliphatic carbocycles. The fourth-order valence-electron chi connectivity index (χ4n) is 3.94. The summed E-state index contributed by atoms with van der Waals surface area (Å²) in [6.07, 6.45) is 3.71. The first kappa shape index (κ1) is 19.9. The second-order valence-electron chi connectivity index (χ2n) is 7.14. The number of hydrogen-bond donors (Lipinski definition) is 2. The molecule has 0 spiro atoms. The molecule has 1 aromatic carbocycles. The van der Waals surface area contributed by atoms with Crippen LogP contribution in [0, 0.1) is 0 Å². The Morgan fingerprint density at radius 3 is 2.83 bits per heavy atom. The first-order valence-corrected chi connectivity index (χ1v) is 10.5. The molecule has 0 radical (unpaired) electrons. The monoisotopic (exact) mass is 471 g/mol. The molecule has 0 bridgehead atoms. The number of Topliss-reactive ketones (excluding diaryl/α,β-unsaturated/α-hetero) is 1. The second-order valence-corrected chi connectivity index (χ2v) is 8.49. The lowest BCUT2D eigenvalue weighted by atomic mass is 9.75. The van der Waals surface area contributed by atoms with Crippen LogP contribution in [0.5, 0.6) is 0 Å². The van der Waals surface area contributed by atoms with E-state index in [9.17, 15) is 9.59 Å². The summed E-state index contributed by atoms with van der Waals surface area (Å²) in [7, 11) is 0. The molecule has 0 unspecified atom stereocenters. The van der Waals surface area contributed by atoms with Crippen LogP contribution in [-0.2, 0) is 9.59 Å². The molecule has 1 atom stereocenters. The minimum Gasteiger partial charge on any atom is -0.362 e. The SMILES string of the molecule is CC1=C(C(=O)Nc2ccc(Br)cn2)[C@@H](c2cccc(Cl)c2)C2=C(CCCC2=O)N1. The van der Waals surface area contributed by atoms with Gasteiger partial charge in [-0.05, 0) is 65.5 Å². The van der Waals surface area contributed by atoms with Gasteiger partial charge in [-0.3, -0.25) is 9.59 Å². The average molecular weight is 473 g/mol. The number of rotatable bonds is 3. The number of nitrogens with one attached hydrogen (secondary N) is 2. The zero-order chi connectivity index (χ0) is 20.5. The Morgan fingerprint density at radius 2 is 2.10 bits per heavy atom. The van der Waals surface area contributed by atoms with Crippen LogP contribution in [0.25, 0.3) is 0 Å². The van der Waals surface area contributed by atoms with E-state index in [1.807, 2.05) is 31.2 Å². The molecule has 148 valence electrons. The number of ketones is 1. The molecule has 2 heterocycles. The third-order valence-electron chi connectivity index (χ3n) is 5.17. The van der Waals surface area contributed by atoms with Crippen molar-refractivity contribution in [2.45, 2.75) is 32.1 Å². The number of benzene rings is 1. The Hall–Kier alpha value is -2.44. The van der Waals surface area contributed by atoms with Crippen LogP contribution < -0.4 is 10.6 Å². The lowest BCUT2D eigenvalue weighted by Gasteiger charge is -2.34. The van der Waals surface area contributed by atoms with E-state index in [4.69, 9.17) is 11.6 Å². The molecule has 2 N–H and O–H groups in total. The maximum atomic E-state index is 13.3. The van der Waals surface area contributed by atoms with E-state index in [2.05, 4.69) is 31.5 Å². The molecule has 0 saturated heterocycles. The summed E-state index contributed by atoms with van der Waals surface area (Å²) >= 11 is 9.58. The van der Waals surface area contributed by atoms with Crippen LogP contribution in [0.3, 0.4) is 0 Å². The summed E-state index contributed by atoms with van der Waals surface area (Å²) in [4.78, 5) is 30.4. The standard InChI is InChI=1S/C22H19BrClN3O2/c1-12-19(22(29)27-18-9-8-14(23)11-25-18)20(13-4-2-5-15(24)10-13)21-16(26-12)6-3-7-17(21)28/h2,4-5,8-11,20,26H,3,6-7H2,1H3,(H,25,27,29)/t20-/m1/s1. The predicted octanol–water partition coefficient (Wildman–Crippen LogP) is 5.10. The van der Waals surface area contributed by atoms with Gasteiger partial charge in [0.2, 0.25) is 0 Å². The van der Waals surface area contributed by atoms with E-state index in [1.54, 1.807) is 18.3 Å². The number of aromatic nitrogens is 1. The molecule has 29 heavy (non-hydrogen) atoms. The van der Waals surface area contributed by atoms with Gasteiger partial charge in [-0.2, -0.15) is 0 Å². The van der Waals surface area contributed by atoms with Crippen molar-refractivity contribution < 1.29 is 9.59 Å². The minimum absolute atomic E-state index is 0.0725. The fourth-order valence-corrected chi connectivity index (χ4v) is 4.37. The molecule has 4 rings (SSSR count). The van der Waals surface area contributed by atoms with Crippen molar-refractivity contribution in [2.24, 2.45) is 0 Å². The van der Waals surface area contributed by atoms with Crippen molar-refractivity contribution in [3.05, 3.63) is 80.2 Å². The molecule has 5 nitrogen and oxygen atoms in total. The molecule has 0 fully saturated rings. The second kappa shape index (κ2) is 8.13. The van der Waals surface area contributed by atoms with E-state index < -0.39 is 5.92 Å². The number of amides is 1. The topological polar surface area (TPSA) is 71.1 Å². The summed E-state index contributed by atoms with van der Waals surface area (Å²) in [6, 6.07) is 10.9. The number of dihydropyridines is 1. The highest BCUT2D eigenvalue weighted by atomic mass is 79.9. The summed E-state index contributed by atoms with van der Waals surface area (Å²) in [5.74, 6) is -0.241. The van der Waals surface area contributed by atoms with Gasteiger partial charge in [-0.15, -0.1) is 0 Å². The number of pyridine rings is 1. The van der Waals surface area contributed by atoms with Crippen molar-refractivity contribution in [1.29, 1.82) is 0 Å². The third-order valence-corrected chi connectivity index (χ3v) is 5.88. The number of carbonyl (C=O) groups excluding carboxylic acids is 2. The van der Waals surface area contributed by atoms with Gasteiger partial charge < -0.3 is 10.6 Å². The molecule has 0 saturated carbocycles. The first-order chi connectivity index (χ1) is 13.9. The van der Waals surface area contributed by atoms with Crippen molar-refractivity contribution in [2.75, 3.05) is 5.32 Å². The van der Waals surface area contributed by atoms with Gasteiger partial charge >= 0.3 is 0 Å². The molecule has 1 aromatic heterocycles. The maximum absolute atomic E-state index is 13.3. The highest BCUT2D eigenvalue weighted by molar-refractivity contribution is 9.10. The maximum Gasteiger partial charge on any atom is 0.255 e. The van der Waals surface area contributed by atoms with Gasteiger partial charge in [0.25, 0.3) is 5.91 Å². The van der Waals surface area contributed by atoms with E-state index in [-0.39, 0.29) is 11.7 Å². The summed E-state index contributed by atoms with van der Waals surface area (Å²) < 4.78 is 0.824. The molecule has 7 heteroatoms. The fraction of sp³-hybridized carbons (Fsp3) is 0.227. The smallest absolute Gasteiger partial charge is 0.255 e. The van der Waals surface area contributed by atoms with Gasteiger partial charge in [0.05, 0.1) is 0 Å². The molecular formula is C22H19BrClN3O2. The van der Waals surface area contributed by atoms with Gasteiger partial charge in [0.15, 0.2) is 5.78 Å². The molecule has 2 aliphatic rings. The van der Waals surface area contributed by atoms with Gasteiger partial charge in [0.1, 0.15) is 5.82 Å². The zero-order valence-corrected chi connectivity index (χ0v) is 18.1. The van der Waals surface area contributed by atoms with Crippen LogP contribution in [0.15, 0.2) is 69.6 Å². The Kier molecular flexibility index (Phi) is 5.56. The molecule has 2 aromatic rings. The first-order valence-electron chi connectivity index (χ1n) is 9.36. The van der Waals surface area contributed by atoms with Crippen LogP contribution >= 0.6 is 27.5 Å². The normalized spacial score (nSPS) is 19.0. The quantitative estimate of drug-likeness (QED) is 0.652. The number of allylic oxidation sites excluding steroid dienone is 3. The van der Waals surface area contributed by atoms with Gasteiger partial charge in [0, 0.05) is 50.6 Å². The number of halogens is 2. The van der Waals surface area contributed by atoms with Crippen molar-refractivity contribution in [3.8, 4) is 0 Å². The average Bonchev–Trinajstić information content (AvgIpc) is 2.69.